The molecule has 0 spiro atoms. The molecule has 11 heteroatoms. The minimum atomic E-state index is -4.32. The lowest BCUT2D eigenvalue weighted by atomic mass is 10.1. The lowest BCUT2D eigenvalue weighted by Gasteiger charge is -2.24. The molecular formula is C48H85NO9P+. The monoisotopic (exact) mass is 851 g/mol. The minimum absolute atomic E-state index is 0.0553. The van der Waals surface area contributed by atoms with Crippen LogP contribution in [-0.4, -0.2) is 98.0 Å². The van der Waals surface area contributed by atoms with Gasteiger partial charge in [-0.25, -0.2) is 4.57 Å². The highest BCUT2D eigenvalue weighted by atomic mass is 31.2. The number of aliphatic hydroxyl groups excluding tert-OH is 2. The SMILES string of the molecule is CCCCCCCC/C=C\CCCCCCCCOCC(COP(=O)(O)OCC[N+](C)(C)C)OC(=O)CC/C=C/C/C=C/C/C=C/C=C\C(O)C/C=C/C/C=C\C(C)O. The molecule has 0 aliphatic carbocycles. The Morgan fingerprint density at radius 3 is 1.88 bits per heavy atom. The highest BCUT2D eigenvalue weighted by molar-refractivity contribution is 7.47. The van der Waals surface area contributed by atoms with Crippen molar-refractivity contribution in [2.75, 3.05) is 54.1 Å². The molecular weight excluding hydrogens is 765 g/mol. The number of unbranched alkanes of at least 4 members (excludes halogenated alkanes) is 12. The predicted octanol–water partition coefficient (Wildman–Crippen LogP) is 11.2. The van der Waals surface area contributed by atoms with Gasteiger partial charge in [0, 0.05) is 13.0 Å². The number of carbonyl (C=O) groups is 1. The fourth-order valence-electron chi connectivity index (χ4n) is 5.55. The molecule has 3 N–H and O–H groups in total. The van der Waals surface area contributed by atoms with Crippen molar-refractivity contribution in [3.8, 4) is 0 Å². The Morgan fingerprint density at radius 2 is 1.22 bits per heavy atom. The largest absolute Gasteiger partial charge is 0.472 e. The molecule has 340 valence electrons. The summed E-state index contributed by atoms with van der Waals surface area (Å²) in [5, 5.41) is 19.2. The fourth-order valence-corrected chi connectivity index (χ4v) is 6.29. The minimum Gasteiger partial charge on any atom is -0.457 e. The number of likely N-dealkylation sites (N-methyl/N-ethyl adjacent to an activating group) is 1. The van der Waals surface area contributed by atoms with Gasteiger partial charge in [-0.2, -0.15) is 0 Å². The number of phosphoric acid groups is 1. The fraction of sp³-hybridized carbons (Fsp3) is 0.688. The number of carbonyl (C=O) groups excluding carboxylic acids is 1. The van der Waals surface area contributed by atoms with Crippen molar-refractivity contribution < 1.29 is 47.5 Å². The zero-order valence-corrected chi connectivity index (χ0v) is 38.6. The normalized spacial score (nSPS) is 15.6. The third-order valence-corrected chi connectivity index (χ3v) is 10.0. The average Bonchev–Trinajstić information content (AvgIpc) is 3.17. The summed E-state index contributed by atoms with van der Waals surface area (Å²) in [6, 6.07) is 0. The van der Waals surface area contributed by atoms with Crippen LogP contribution in [-0.2, 0) is 27.9 Å². The van der Waals surface area contributed by atoms with Gasteiger partial charge < -0.3 is 29.1 Å². The number of ether oxygens (including phenoxy) is 2. The quantitative estimate of drug-likeness (QED) is 0.0138. The zero-order valence-electron chi connectivity index (χ0n) is 37.7. The van der Waals surface area contributed by atoms with Crippen LogP contribution in [0.2, 0.25) is 0 Å². The molecule has 0 rings (SSSR count). The summed E-state index contributed by atoms with van der Waals surface area (Å²) in [6.45, 7) is 4.84. The number of rotatable bonds is 40. The van der Waals surface area contributed by atoms with E-state index in [-0.39, 0.29) is 26.2 Å². The Kier molecular flexibility index (Phi) is 38.1. The van der Waals surface area contributed by atoms with Crippen LogP contribution >= 0.6 is 7.82 Å². The van der Waals surface area contributed by atoms with Crippen molar-refractivity contribution in [3.63, 3.8) is 0 Å². The second-order valence-electron chi connectivity index (χ2n) is 16.2. The van der Waals surface area contributed by atoms with Gasteiger partial charge in [0.2, 0.25) is 0 Å². The van der Waals surface area contributed by atoms with Gasteiger partial charge in [0.1, 0.15) is 19.3 Å². The van der Waals surface area contributed by atoms with E-state index in [2.05, 4.69) is 25.2 Å². The van der Waals surface area contributed by atoms with Gasteiger partial charge in [0.25, 0.3) is 0 Å². The summed E-state index contributed by atoms with van der Waals surface area (Å²) in [5.41, 5.74) is 0. The maximum absolute atomic E-state index is 12.7. The van der Waals surface area contributed by atoms with Crippen LogP contribution in [0.3, 0.4) is 0 Å². The molecule has 0 aromatic carbocycles. The topological polar surface area (TPSA) is 132 Å². The first-order valence-electron chi connectivity index (χ1n) is 22.5. The summed E-state index contributed by atoms with van der Waals surface area (Å²) >= 11 is 0. The van der Waals surface area contributed by atoms with Crippen molar-refractivity contribution in [3.05, 3.63) is 85.1 Å². The van der Waals surface area contributed by atoms with Gasteiger partial charge in [0.05, 0.1) is 46.6 Å². The Balaban J connectivity index is 4.45. The first kappa shape index (κ1) is 56.6. The van der Waals surface area contributed by atoms with E-state index >= 15 is 0 Å². The van der Waals surface area contributed by atoms with E-state index in [1.807, 2.05) is 75.8 Å². The first-order valence-corrected chi connectivity index (χ1v) is 24.0. The molecule has 59 heavy (non-hydrogen) atoms. The maximum Gasteiger partial charge on any atom is 0.472 e. The lowest BCUT2D eigenvalue weighted by molar-refractivity contribution is -0.870. The van der Waals surface area contributed by atoms with E-state index in [0.717, 1.165) is 44.9 Å². The van der Waals surface area contributed by atoms with Crippen molar-refractivity contribution >= 4 is 13.8 Å². The first-order chi connectivity index (χ1) is 28.3. The molecule has 4 atom stereocenters. The van der Waals surface area contributed by atoms with Crippen LogP contribution in [0.1, 0.15) is 142 Å². The van der Waals surface area contributed by atoms with Crippen molar-refractivity contribution in [2.45, 2.75) is 161 Å². The summed E-state index contributed by atoms with van der Waals surface area (Å²) in [7, 11) is 1.55. The van der Waals surface area contributed by atoms with Crippen LogP contribution in [0.4, 0.5) is 0 Å². The summed E-state index contributed by atoms with van der Waals surface area (Å²) in [6.07, 6.45) is 46.6. The van der Waals surface area contributed by atoms with Gasteiger partial charge in [-0.15, -0.1) is 0 Å². The van der Waals surface area contributed by atoms with Crippen LogP contribution < -0.4 is 0 Å². The van der Waals surface area contributed by atoms with Crippen LogP contribution in [0, 0.1) is 0 Å². The van der Waals surface area contributed by atoms with Gasteiger partial charge >= 0.3 is 13.8 Å². The molecule has 0 aromatic heterocycles. The van der Waals surface area contributed by atoms with Gasteiger partial charge in [-0.05, 0) is 71.1 Å². The second kappa shape index (κ2) is 39.7. The zero-order chi connectivity index (χ0) is 43.7. The molecule has 0 heterocycles. The Labute approximate surface area is 360 Å². The molecule has 0 fully saturated rings. The Hall–Kier alpha value is -2.40. The third-order valence-electron chi connectivity index (χ3n) is 9.05. The number of hydrogen-bond donors (Lipinski definition) is 3. The van der Waals surface area contributed by atoms with E-state index < -0.39 is 32.1 Å². The van der Waals surface area contributed by atoms with Crippen molar-refractivity contribution in [2.24, 2.45) is 0 Å². The summed E-state index contributed by atoms with van der Waals surface area (Å²) in [4.78, 5) is 22.9. The number of phosphoric ester groups is 1. The number of aliphatic hydroxyl groups is 2. The molecule has 0 radical (unpaired) electrons. The van der Waals surface area contributed by atoms with Gasteiger partial charge in [0.15, 0.2) is 0 Å². The van der Waals surface area contributed by atoms with E-state index in [1.54, 1.807) is 19.1 Å². The molecule has 10 nitrogen and oxygen atoms in total. The highest BCUT2D eigenvalue weighted by Crippen LogP contribution is 2.43. The van der Waals surface area contributed by atoms with Gasteiger partial charge in [-0.3, -0.25) is 13.8 Å². The predicted molar refractivity (Wildman–Crippen MR) is 245 cm³/mol. The second-order valence-corrected chi connectivity index (χ2v) is 17.6. The number of esters is 1. The molecule has 0 aliphatic rings. The number of hydrogen-bond acceptors (Lipinski definition) is 8. The highest BCUT2D eigenvalue weighted by Gasteiger charge is 2.26. The Bertz CT molecular complexity index is 1250. The van der Waals surface area contributed by atoms with E-state index in [1.165, 1.54) is 64.2 Å². The van der Waals surface area contributed by atoms with E-state index in [9.17, 15) is 24.5 Å². The van der Waals surface area contributed by atoms with Crippen molar-refractivity contribution in [1.29, 1.82) is 0 Å². The van der Waals surface area contributed by atoms with Crippen LogP contribution in [0.5, 0.6) is 0 Å². The smallest absolute Gasteiger partial charge is 0.457 e. The van der Waals surface area contributed by atoms with Crippen molar-refractivity contribution in [1.82, 2.24) is 0 Å². The molecule has 0 aromatic rings. The molecule has 0 aliphatic heterocycles. The third kappa shape index (κ3) is 45.0. The standard InChI is InChI=1S/C48H84NO9P/c1-6-7-8-9-10-11-12-13-14-15-16-19-22-25-30-35-41-55-43-47(44-57-59(53,54)56-42-40-49(3,4)5)58-48(52)39-34-27-24-21-18-17-20-23-26-32-37-46(51)38-33-29-28-31-36-45(2)50/h13-14,17-18,23-24,26-27,29,31-33,36-37,45-47,50-51H,6-12,15-16,19-22,25,28,30,34-35,38-44H2,1-5H3/p+1/b14-13-,18-17+,26-23+,27-24+,33-29+,36-31-,37-32-. The Morgan fingerprint density at radius 1 is 0.644 bits per heavy atom. The number of quaternary nitrogens is 1. The van der Waals surface area contributed by atoms with E-state index in [4.69, 9.17) is 18.5 Å². The molecule has 0 saturated heterocycles. The average molecular weight is 851 g/mol. The summed E-state index contributed by atoms with van der Waals surface area (Å²) < 4.78 is 34.8. The summed E-state index contributed by atoms with van der Waals surface area (Å²) in [5.74, 6) is -0.428. The molecule has 0 amide bonds. The van der Waals surface area contributed by atoms with E-state index in [0.29, 0.717) is 30.5 Å². The van der Waals surface area contributed by atoms with Crippen LogP contribution in [0.15, 0.2) is 85.1 Å². The maximum atomic E-state index is 12.7. The van der Waals surface area contributed by atoms with Crippen LogP contribution in [0.25, 0.3) is 0 Å². The number of allylic oxidation sites excluding steroid dienone is 11. The lowest BCUT2D eigenvalue weighted by Crippen LogP contribution is -2.37. The van der Waals surface area contributed by atoms with Gasteiger partial charge in [-0.1, -0.05) is 150 Å². The molecule has 0 saturated carbocycles. The molecule has 0 bridgehead atoms. The number of nitrogens with zero attached hydrogens (tertiary/aromatic N) is 1. The molecule has 4 unspecified atom stereocenters.